The maximum atomic E-state index is 11.0. The Morgan fingerprint density at radius 1 is 1.43 bits per heavy atom. The van der Waals surface area contributed by atoms with Crippen LogP contribution in [0.5, 0.6) is 0 Å². The van der Waals surface area contributed by atoms with E-state index in [2.05, 4.69) is 20.9 Å². The first-order valence-electron chi connectivity index (χ1n) is 3.56. The molecule has 1 heterocycles. The van der Waals surface area contributed by atoms with Gasteiger partial charge >= 0.3 is 0 Å². The van der Waals surface area contributed by atoms with Crippen LogP contribution in [0.15, 0.2) is 27.0 Å². The minimum Gasteiger partial charge on any atom is -0.224 e. The summed E-state index contributed by atoms with van der Waals surface area (Å²) in [6, 6.07) is 5.37. The topological polar surface area (TPSA) is 73.1 Å². The zero-order chi connectivity index (χ0) is 10.3. The van der Waals surface area contributed by atoms with Crippen molar-refractivity contribution in [2.45, 2.75) is 4.34 Å². The quantitative estimate of drug-likeness (QED) is 0.869. The van der Waals surface area contributed by atoms with Gasteiger partial charge in [-0.3, -0.25) is 0 Å². The van der Waals surface area contributed by atoms with Crippen LogP contribution in [0.2, 0.25) is 0 Å². The summed E-state index contributed by atoms with van der Waals surface area (Å²) in [5, 5.41) is 4.97. The maximum absolute atomic E-state index is 11.0. The number of thiazole rings is 1. The molecule has 0 spiro atoms. The standard InChI is InChI=1S/C7H5BrN2O2S2/c8-4-1-2-6-5(3-4)10-7(13-6)14(9,11)12/h1-3H,(H2,9,11,12). The van der Waals surface area contributed by atoms with Crippen LogP contribution in [0.4, 0.5) is 0 Å². The van der Waals surface area contributed by atoms with Crippen molar-refractivity contribution in [3.05, 3.63) is 22.7 Å². The molecular weight excluding hydrogens is 288 g/mol. The molecule has 1 aromatic heterocycles. The summed E-state index contributed by atoms with van der Waals surface area (Å²) in [4.78, 5) is 3.92. The molecule has 2 rings (SSSR count). The van der Waals surface area contributed by atoms with Gasteiger partial charge in [-0.05, 0) is 18.2 Å². The van der Waals surface area contributed by atoms with E-state index in [1.807, 2.05) is 6.07 Å². The minimum atomic E-state index is -3.69. The van der Waals surface area contributed by atoms with E-state index >= 15 is 0 Å². The highest BCUT2D eigenvalue weighted by atomic mass is 79.9. The van der Waals surface area contributed by atoms with Gasteiger partial charge in [0.1, 0.15) is 0 Å². The van der Waals surface area contributed by atoms with Crippen molar-refractivity contribution in [3.8, 4) is 0 Å². The lowest BCUT2D eigenvalue weighted by molar-refractivity contribution is 0.597. The smallest absolute Gasteiger partial charge is 0.224 e. The first-order valence-corrected chi connectivity index (χ1v) is 6.71. The lowest BCUT2D eigenvalue weighted by Crippen LogP contribution is -2.11. The van der Waals surface area contributed by atoms with Crippen LogP contribution < -0.4 is 5.14 Å². The number of benzene rings is 1. The molecule has 0 bridgehead atoms. The van der Waals surface area contributed by atoms with Gasteiger partial charge in [0.05, 0.1) is 10.2 Å². The average molecular weight is 293 g/mol. The van der Waals surface area contributed by atoms with Crippen LogP contribution in [0, 0.1) is 0 Å². The van der Waals surface area contributed by atoms with Gasteiger partial charge in [-0.25, -0.2) is 18.5 Å². The monoisotopic (exact) mass is 292 g/mol. The Hall–Kier alpha value is -0.500. The lowest BCUT2D eigenvalue weighted by Gasteiger charge is -1.87. The minimum absolute atomic E-state index is 0.0504. The van der Waals surface area contributed by atoms with E-state index in [4.69, 9.17) is 5.14 Å². The zero-order valence-corrected chi connectivity index (χ0v) is 9.99. The molecule has 74 valence electrons. The van der Waals surface area contributed by atoms with Gasteiger partial charge in [0.2, 0.25) is 4.34 Å². The van der Waals surface area contributed by atoms with Crippen LogP contribution in [-0.2, 0) is 10.0 Å². The third-order valence-electron chi connectivity index (χ3n) is 1.57. The van der Waals surface area contributed by atoms with Crippen molar-refractivity contribution in [1.82, 2.24) is 4.98 Å². The lowest BCUT2D eigenvalue weighted by atomic mass is 10.3. The highest BCUT2D eigenvalue weighted by Crippen LogP contribution is 2.26. The van der Waals surface area contributed by atoms with Gasteiger partial charge in [-0.15, -0.1) is 11.3 Å². The number of nitrogens with zero attached hydrogens (tertiary/aromatic N) is 1. The van der Waals surface area contributed by atoms with Crippen LogP contribution >= 0.6 is 27.3 Å². The Balaban J connectivity index is 2.75. The third-order valence-corrected chi connectivity index (χ3v) is 4.42. The predicted octanol–water partition coefficient (Wildman–Crippen LogP) is 1.71. The fourth-order valence-electron chi connectivity index (χ4n) is 1.00. The third kappa shape index (κ3) is 1.81. The van der Waals surface area contributed by atoms with E-state index in [0.29, 0.717) is 5.52 Å². The second-order valence-corrected chi connectivity index (χ2v) is 6.32. The molecule has 4 nitrogen and oxygen atoms in total. The van der Waals surface area contributed by atoms with E-state index in [1.165, 1.54) is 0 Å². The number of nitrogens with two attached hydrogens (primary N) is 1. The van der Waals surface area contributed by atoms with Gasteiger partial charge in [0, 0.05) is 4.47 Å². The number of sulfonamides is 1. The fourth-order valence-corrected chi connectivity index (χ4v) is 2.99. The molecule has 7 heteroatoms. The summed E-state index contributed by atoms with van der Waals surface area (Å²) >= 11 is 4.34. The average Bonchev–Trinajstić information content (AvgIpc) is 2.45. The van der Waals surface area contributed by atoms with Gasteiger partial charge in [-0.2, -0.15) is 0 Å². The summed E-state index contributed by atoms with van der Waals surface area (Å²) in [5.41, 5.74) is 0.633. The first kappa shape index (κ1) is 10.0. The van der Waals surface area contributed by atoms with Gasteiger partial charge in [-0.1, -0.05) is 15.9 Å². The highest BCUT2D eigenvalue weighted by molar-refractivity contribution is 9.10. The van der Waals surface area contributed by atoms with E-state index in [9.17, 15) is 8.42 Å². The molecule has 0 radical (unpaired) electrons. The molecule has 0 aliphatic heterocycles. The Labute approximate surface area is 92.9 Å². The van der Waals surface area contributed by atoms with E-state index < -0.39 is 10.0 Å². The fraction of sp³-hybridized carbons (Fsp3) is 0. The first-order chi connectivity index (χ1) is 6.47. The van der Waals surface area contributed by atoms with Crippen molar-refractivity contribution in [2.75, 3.05) is 0 Å². The molecule has 0 fully saturated rings. The molecule has 2 N–H and O–H groups in total. The summed E-state index contributed by atoms with van der Waals surface area (Å²) < 4.78 is 23.6. The molecule has 0 aliphatic rings. The predicted molar refractivity (Wildman–Crippen MR) is 58.7 cm³/mol. The molecule has 0 saturated heterocycles. The van der Waals surface area contributed by atoms with Crippen LogP contribution in [-0.4, -0.2) is 13.4 Å². The van der Waals surface area contributed by atoms with Crippen LogP contribution in [0.1, 0.15) is 0 Å². The Morgan fingerprint density at radius 3 is 2.79 bits per heavy atom. The summed E-state index contributed by atoms with van der Waals surface area (Å²) in [6.07, 6.45) is 0. The van der Waals surface area contributed by atoms with E-state index in [-0.39, 0.29) is 4.34 Å². The van der Waals surface area contributed by atoms with E-state index in [1.54, 1.807) is 12.1 Å². The molecule has 2 aromatic rings. The largest absolute Gasteiger partial charge is 0.265 e. The Morgan fingerprint density at radius 2 is 2.14 bits per heavy atom. The maximum Gasteiger partial charge on any atom is 0.265 e. The van der Waals surface area contributed by atoms with Crippen molar-refractivity contribution in [3.63, 3.8) is 0 Å². The summed E-state index contributed by atoms with van der Waals surface area (Å²) in [5.74, 6) is 0. The Kier molecular flexibility index (Phi) is 2.34. The molecule has 0 amide bonds. The van der Waals surface area contributed by atoms with Gasteiger partial charge < -0.3 is 0 Å². The van der Waals surface area contributed by atoms with Crippen LogP contribution in [0.25, 0.3) is 10.2 Å². The van der Waals surface area contributed by atoms with Gasteiger partial charge in [0.15, 0.2) is 0 Å². The van der Waals surface area contributed by atoms with Crippen molar-refractivity contribution >= 4 is 47.5 Å². The number of rotatable bonds is 1. The van der Waals surface area contributed by atoms with Gasteiger partial charge in [0.25, 0.3) is 10.0 Å². The number of fused-ring (bicyclic) bond motifs is 1. The Bertz CT molecular complexity index is 591. The molecular formula is C7H5BrN2O2S2. The number of aromatic nitrogens is 1. The number of hydrogen-bond acceptors (Lipinski definition) is 4. The van der Waals surface area contributed by atoms with Crippen molar-refractivity contribution < 1.29 is 8.42 Å². The molecule has 0 saturated carbocycles. The second-order valence-electron chi connectivity index (χ2n) is 2.64. The summed E-state index contributed by atoms with van der Waals surface area (Å²) in [7, 11) is -3.69. The number of hydrogen-bond donors (Lipinski definition) is 1. The SMILES string of the molecule is NS(=O)(=O)c1nc2cc(Br)ccc2s1. The molecule has 1 aromatic carbocycles. The van der Waals surface area contributed by atoms with Crippen molar-refractivity contribution in [1.29, 1.82) is 0 Å². The summed E-state index contributed by atoms with van der Waals surface area (Å²) in [6.45, 7) is 0. The zero-order valence-electron chi connectivity index (χ0n) is 6.77. The van der Waals surface area contributed by atoms with Crippen LogP contribution in [0.3, 0.4) is 0 Å². The van der Waals surface area contributed by atoms with Crippen molar-refractivity contribution in [2.24, 2.45) is 5.14 Å². The second kappa shape index (κ2) is 3.27. The highest BCUT2D eigenvalue weighted by Gasteiger charge is 2.14. The normalized spacial score (nSPS) is 12.1. The van der Waals surface area contributed by atoms with E-state index in [0.717, 1.165) is 20.5 Å². The number of halogens is 1. The number of primary sulfonamides is 1. The molecule has 14 heavy (non-hydrogen) atoms. The molecule has 0 aliphatic carbocycles. The molecule has 0 unspecified atom stereocenters. The molecule has 0 atom stereocenters.